The monoisotopic (exact) mass is 169 g/mol. The largest absolute Gasteiger partial charge is 0.393 e. The van der Waals surface area contributed by atoms with Gasteiger partial charge >= 0.3 is 0 Å². The molecule has 0 spiro atoms. The van der Waals surface area contributed by atoms with Crippen molar-refractivity contribution in [1.82, 2.24) is 4.90 Å². The molecule has 2 aliphatic rings. The van der Waals surface area contributed by atoms with Crippen molar-refractivity contribution < 1.29 is 5.11 Å². The molecule has 0 amide bonds. The second kappa shape index (κ2) is 3.35. The molecule has 12 heavy (non-hydrogen) atoms. The van der Waals surface area contributed by atoms with Gasteiger partial charge in [0.2, 0.25) is 0 Å². The molecule has 1 N–H and O–H groups in total. The quantitative estimate of drug-likeness (QED) is 0.687. The first-order chi connectivity index (χ1) is 5.77. The van der Waals surface area contributed by atoms with Gasteiger partial charge in [-0.2, -0.15) is 0 Å². The molecule has 70 valence electrons. The minimum Gasteiger partial charge on any atom is -0.393 e. The fourth-order valence-electron chi connectivity index (χ4n) is 2.26. The van der Waals surface area contributed by atoms with Gasteiger partial charge in [0.1, 0.15) is 0 Å². The van der Waals surface area contributed by atoms with Gasteiger partial charge in [0, 0.05) is 12.6 Å². The Morgan fingerprint density at radius 1 is 1.25 bits per heavy atom. The Morgan fingerprint density at radius 2 is 2.00 bits per heavy atom. The van der Waals surface area contributed by atoms with Crippen LogP contribution in [0.5, 0.6) is 0 Å². The van der Waals surface area contributed by atoms with E-state index in [0.29, 0.717) is 5.92 Å². The van der Waals surface area contributed by atoms with Crippen molar-refractivity contribution in [1.29, 1.82) is 0 Å². The molecule has 2 rings (SSSR count). The summed E-state index contributed by atoms with van der Waals surface area (Å²) in [6, 6.07) is 0.845. The molecule has 2 heteroatoms. The number of aliphatic hydroxyl groups excluding tert-OH is 1. The van der Waals surface area contributed by atoms with Crippen LogP contribution in [0.25, 0.3) is 0 Å². The topological polar surface area (TPSA) is 23.5 Å². The van der Waals surface area contributed by atoms with E-state index in [1.54, 1.807) is 0 Å². The first-order valence-electron chi connectivity index (χ1n) is 5.15. The predicted octanol–water partition coefficient (Wildman–Crippen LogP) is 1.24. The molecular weight excluding hydrogens is 150 g/mol. The normalized spacial score (nSPS) is 36.2. The molecule has 2 aliphatic carbocycles. The van der Waals surface area contributed by atoms with Crippen molar-refractivity contribution in [2.24, 2.45) is 5.92 Å². The lowest BCUT2D eigenvalue weighted by atomic mass is 10.1. The Labute approximate surface area is 74.6 Å². The molecule has 0 aromatic rings. The van der Waals surface area contributed by atoms with Crippen LogP contribution in [0.3, 0.4) is 0 Å². The molecule has 2 unspecified atom stereocenters. The van der Waals surface area contributed by atoms with E-state index in [4.69, 9.17) is 0 Å². The zero-order valence-electron chi connectivity index (χ0n) is 7.87. The van der Waals surface area contributed by atoms with Crippen molar-refractivity contribution in [3.8, 4) is 0 Å². The van der Waals surface area contributed by atoms with E-state index in [2.05, 4.69) is 11.9 Å². The summed E-state index contributed by atoms with van der Waals surface area (Å²) in [4.78, 5) is 2.43. The highest BCUT2D eigenvalue weighted by Gasteiger charge is 2.31. The molecule has 0 bridgehead atoms. The minimum absolute atomic E-state index is 0.00815. The molecular formula is C10H19NO. The standard InChI is InChI=1S/C10H19NO/c1-11(9-5-6-9)7-8-3-2-4-10(8)12/h8-10,12H,2-7H2,1H3. The van der Waals surface area contributed by atoms with Gasteiger partial charge in [0.25, 0.3) is 0 Å². The van der Waals surface area contributed by atoms with E-state index < -0.39 is 0 Å². The maximum absolute atomic E-state index is 9.61. The summed E-state index contributed by atoms with van der Waals surface area (Å²) >= 11 is 0. The van der Waals surface area contributed by atoms with Gasteiger partial charge in [0.15, 0.2) is 0 Å². The predicted molar refractivity (Wildman–Crippen MR) is 49.0 cm³/mol. The lowest BCUT2D eigenvalue weighted by molar-refractivity contribution is 0.108. The number of aliphatic hydroxyl groups is 1. The Hall–Kier alpha value is -0.0800. The molecule has 2 nitrogen and oxygen atoms in total. The molecule has 0 radical (unpaired) electrons. The summed E-state index contributed by atoms with van der Waals surface area (Å²) in [5.41, 5.74) is 0. The van der Waals surface area contributed by atoms with Gasteiger partial charge in [-0.1, -0.05) is 6.42 Å². The third-order valence-corrected chi connectivity index (χ3v) is 3.31. The molecule has 2 saturated carbocycles. The minimum atomic E-state index is -0.00815. The van der Waals surface area contributed by atoms with Crippen LogP contribution in [0.4, 0.5) is 0 Å². The summed E-state index contributed by atoms with van der Waals surface area (Å²) in [6.45, 7) is 1.12. The lowest BCUT2D eigenvalue weighted by Crippen LogP contribution is -2.31. The van der Waals surface area contributed by atoms with Gasteiger partial charge in [-0.25, -0.2) is 0 Å². The SMILES string of the molecule is CN(CC1CCCC1O)C1CC1. The van der Waals surface area contributed by atoms with E-state index in [1.165, 1.54) is 25.7 Å². The highest BCUT2D eigenvalue weighted by atomic mass is 16.3. The highest BCUT2D eigenvalue weighted by Crippen LogP contribution is 2.30. The van der Waals surface area contributed by atoms with Crippen molar-refractivity contribution in [2.45, 2.75) is 44.2 Å². The first kappa shape index (κ1) is 8.52. The maximum Gasteiger partial charge on any atom is 0.0580 e. The second-order valence-corrected chi connectivity index (χ2v) is 4.43. The molecule has 0 heterocycles. The number of hydrogen-bond donors (Lipinski definition) is 1. The zero-order valence-corrected chi connectivity index (χ0v) is 7.87. The summed E-state index contributed by atoms with van der Waals surface area (Å²) in [5, 5.41) is 9.61. The Kier molecular flexibility index (Phi) is 2.37. The summed E-state index contributed by atoms with van der Waals surface area (Å²) < 4.78 is 0. The maximum atomic E-state index is 9.61. The average Bonchev–Trinajstić information content (AvgIpc) is 2.80. The fourth-order valence-corrected chi connectivity index (χ4v) is 2.26. The van der Waals surface area contributed by atoms with E-state index in [9.17, 15) is 5.11 Å². The van der Waals surface area contributed by atoms with Gasteiger partial charge in [-0.05, 0) is 38.6 Å². The van der Waals surface area contributed by atoms with Crippen LogP contribution in [0.2, 0.25) is 0 Å². The number of rotatable bonds is 3. The molecule has 0 aromatic carbocycles. The fraction of sp³-hybridized carbons (Fsp3) is 1.00. The van der Waals surface area contributed by atoms with E-state index in [0.717, 1.165) is 19.0 Å². The van der Waals surface area contributed by atoms with Crippen molar-refractivity contribution in [3.63, 3.8) is 0 Å². The first-order valence-corrected chi connectivity index (χ1v) is 5.15. The van der Waals surface area contributed by atoms with Crippen LogP contribution in [-0.4, -0.2) is 35.7 Å². The smallest absolute Gasteiger partial charge is 0.0580 e. The number of hydrogen-bond acceptors (Lipinski definition) is 2. The van der Waals surface area contributed by atoms with Gasteiger partial charge in [-0.15, -0.1) is 0 Å². The van der Waals surface area contributed by atoms with Crippen molar-refractivity contribution >= 4 is 0 Å². The highest BCUT2D eigenvalue weighted by molar-refractivity contribution is 4.86. The van der Waals surface area contributed by atoms with Crippen LogP contribution >= 0.6 is 0 Å². The van der Waals surface area contributed by atoms with E-state index in [1.807, 2.05) is 0 Å². The van der Waals surface area contributed by atoms with Gasteiger partial charge in [-0.3, -0.25) is 0 Å². The van der Waals surface area contributed by atoms with E-state index in [-0.39, 0.29) is 6.10 Å². The van der Waals surface area contributed by atoms with Crippen LogP contribution in [0.15, 0.2) is 0 Å². The Balaban J connectivity index is 1.76. The molecule has 0 aromatic heterocycles. The molecule has 0 saturated heterocycles. The molecule has 2 atom stereocenters. The lowest BCUT2D eigenvalue weighted by Gasteiger charge is -2.22. The third-order valence-electron chi connectivity index (χ3n) is 3.31. The Bertz CT molecular complexity index is 156. The van der Waals surface area contributed by atoms with Crippen LogP contribution in [-0.2, 0) is 0 Å². The summed E-state index contributed by atoms with van der Waals surface area (Å²) in [7, 11) is 2.20. The number of nitrogens with zero attached hydrogens (tertiary/aromatic N) is 1. The second-order valence-electron chi connectivity index (χ2n) is 4.43. The average molecular weight is 169 g/mol. The van der Waals surface area contributed by atoms with Crippen LogP contribution in [0.1, 0.15) is 32.1 Å². The summed E-state index contributed by atoms with van der Waals surface area (Å²) in [5.74, 6) is 0.565. The summed E-state index contributed by atoms with van der Waals surface area (Å²) in [6.07, 6.45) is 6.23. The Morgan fingerprint density at radius 3 is 2.50 bits per heavy atom. The van der Waals surface area contributed by atoms with Crippen LogP contribution in [0, 0.1) is 5.92 Å². The van der Waals surface area contributed by atoms with Gasteiger partial charge in [0.05, 0.1) is 6.10 Å². The van der Waals surface area contributed by atoms with Gasteiger partial charge < -0.3 is 10.0 Å². The van der Waals surface area contributed by atoms with E-state index >= 15 is 0 Å². The van der Waals surface area contributed by atoms with Crippen LogP contribution < -0.4 is 0 Å². The van der Waals surface area contributed by atoms with Crippen molar-refractivity contribution in [2.75, 3.05) is 13.6 Å². The molecule has 0 aliphatic heterocycles. The zero-order chi connectivity index (χ0) is 8.55. The molecule has 2 fully saturated rings. The third kappa shape index (κ3) is 1.80. The van der Waals surface area contributed by atoms with Crippen molar-refractivity contribution in [3.05, 3.63) is 0 Å².